The molecule has 0 aromatic heterocycles. The van der Waals surface area contributed by atoms with E-state index < -0.39 is 21.8 Å². The van der Waals surface area contributed by atoms with Gasteiger partial charge in [0.05, 0.1) is 18.4 Å². The zero-order valence-corrected chi connectivity index (χ0v) is 12.9. The minimum absolute atomic E-state index is 0.271. The zero-order chi connectivity index (χ0) is 17.3. The van der Waals surface area contributed by atoms with E-state index in [4.69, 9.17) is 0 Å². The minimum Gasteiger partial charge on any atom is -0.392 e. The van der Waals surface area contributed by atoms with Gasteiger partial charge in [-0.15, -0.1) is 0 Å². The van der Waals surface area contributed by atoms with Crippen molar-refractivity contribution in [1.29, 1.82) is 0 Å². The lowest BCUT2D eigenvalue weighted by molar-refractivity contribution is -0.137. The summed E-state index contributed by atoms with van der Waals surface area (Å²) in [6.45, 7) is -0.379. The first-order valence-corrected chi connectivity index (χ1v) is 8.38. The lowest BCUT2D eigenvalue weighted by Crippen LogP contribution is -2.09. The molecular weight excluding hydrogens is 331 g/mol. The summed E-state index contributed by atoms with van der Waals surface area (Å²) >= 11 is 0. The summed E-state index contributed by atoms with van der Waals surface area (Å²) in [5.74, 6) is 0. The van der Waals surface area contributed by atoms with E-state index in [-0.39, 0.29) is 12.3 Å². The fraction of sp³-hybridized carbons (Fsp3) is 0.200. The van der Waals surface area contributed by atoms with Gasteiger partial charge in [-0.1, -0.05) is 18.2 Å². The SMILES string of the molecule is CS(=O)(=O)Nc1ccc(-c2ccc(C(F)(F)F)cc2)c(CO)c1. The molecule has 2 aromatic rings. The highest BCUT2D eigenvalue weighted by atomic mass is 32.2. The van der Waals surface area contributed by atoms with Crippen molar-refractivity contribution < 1.29 is 26.7 Å². The van der Waals surface area contributed by atoms with Crippen LogP contribution in [0, 0.1) is 0 Å². The summed E-state index contributed by atoms with van der Waals surface area (Å²) in [6.07, 6.45) is -3.42. The fourth-order valence-corrected chi connectivity index (χ4v) is 2.68. The average molecular weight is 345 g/mol. The van der Waals surface area contributed by atoms with Crippen LogP contribution in [0.5, 0.6) is 0 Å². The van der Waals surface area contributed by atoms with Gasteiger partial charge in [0.25, 0.3) is 0 Å². The Morgan fingerprint density at radius 3 is 2.17 bits per heavy atom. The normalized spacial score (nSPS) is 12.2. The molecule has 0 saturated heterocycles. The maximum atomic E-state index is 12.6. The number of rotatable bonds is 4. The van der Waals surface area contributed by atoms with Crippen LogP contribution < -0.4 is 4.72 Å². The Balaban J connectivity index is 2.39. The molecule has 0 radical (unpaired) electrons. The van der Waals surface area contributed by atoms with E-state index >= 15 is 0 Å². The summed E-state index contributed by atoms with van der Waals surface area (Å²) in [4.78, 5) is 0. The number of anilines is 1. The Hall–Kier alpha value is -2.06. The Morgan fingerprint density at radius 2 is 1.70 bits per heavy atom. The standard InChI is InChI=1S/C15H14F3NO3S/c1-23(21,22)19-13-6-7-14(11(8-13)9-20)10-2-4-12(5-3-10)15(16,17)18/h2-8,19-20H,9H2,1H3. The van der Waals surface area contributed by atoms with Crippen molar-refractivity contribution in [2.75, 3.05) is 11.0 Å². The summed E-state index contributed by atoms with van der Waals surface area (Å²) in [5.41, 5.74) is 0.931. The maximum Gasteiger partial charge on any atom is 0.416 e. The van der Waals surface area contributed by atoms with Gasteiger partial charge < -0.3 is 5.11 Å². The number of aliphatic hydroxyl groups is 1. The van der Waals surface area contributed by atoms with Crippen molar-refractivity contribution in [3.63, 3.8) is 0 Å². The molecule has 0 aliphatic rings. The van der Waals surface area contributed by atoms with Gasteiger partial charge in [-0.25, -0.2) is 8.42 Å². The van der Waals surface area contributed by atoms with Crippen LogP contribution in [0.2, 0.25) is 0 Å². The minimum atomic E-state index is -4.42. The van der Waals surface area contributed by atoms with E-state index in [2.05, 4.69) is 4.72 Å². The third kappa shape index (κ3) is 4.46. The molecule has 0 fully saturated rings. The number of halogens is 3. The molecule has 124 valence electrons. The van der Waals surface area contributed by atoms with E-state index in [1.54, 1.807) is 6.07 Å². The van der Waals surface area contributed by atoms with Crippen molar-refractivity contribution in [2.45, 2.75) is 12.8 Å². The molecule has 0 aliphatic heterocycles. The quantitative estimate of drug-likeness (QED) is 0.894. The van der Waals surface area contributed by atoms with Crippen molar-refractivity contribution >= 4 is 15.7 Å². The van der Waals surface area contributed by atoms with E-state index in [0.717, 1.165) is 18.4 Å². The molecule has 2 aromatic carbocycles. The smallest absolute Gasteiger partial charge is 0.392 e. The first-order valence-electron chi connectivity index (χ1n) is 6.49. The summed E-state index contributed by atoms with van der Waals surface area (Å²) < 4.78 is 62.4. The van der Waals surface area contributed by atoms with Crippen molar-refractivity contribution in [3.05, 3.63) is 53.6 Å². The molecule has 2 N–H and O–H groups in total. The largest absolute Gasteiger partial charge is 0.416 e. The molecule has 4 nitrogen and oxygen atoms in total. The molecular formula is C15H14F3NO3S. The van der Waals surface area contributed by atoms with Crippen molar-refractivity contribution in [3.8, 4) is 11.1 Å². The van der Waals surface area contributed by atoms with Gasteiger partial charge >= 0.3 is 6.18 Å². The van der Waals surface area contributed by atoms with Crippen LogP contribution in [-0.4, -0.2) is 19.8 Å². The van der Waals surface area contributed by atoms with E-state index in [9.17, 15) is 26.7 Å². The van der Waals surface area contributed by atoms with E-state index in [0.29, 0.717) is 16.7 Å². The zero-order valence-electron chi connectivity index (χ0n) is 12.1. The predicted molar refractivity (Wildman–Crippen MR) is 81.3 cm³/mol. The highest BCUT2D eigenvalue weighted by Crippen LogP contribution is 2.32. The average Bonchev–Trinajstić information content (AvgIpc) is 2.44. The van der Waals surface area contributed by atoms with Gasteiger partial charge in [0.2, 0.25) is 10.0 Å². The number of alkyl halides is 3. The van der Waals surface area contributed by atoms with Crippen molar-refractivity contribution in [2.24, 2.45) is 0 Å². The van der Waals surface area contributed by atoms with E-state index in [1.165, 1.54) is 24.3 Å². The second-order valence-corrected chi connectivity index (χ2v) is 6.73. The Labute approximate surface area is 131 Å². The van der Waals surface area contributed by atoms with E-state index in [1.807, 2.05) is 0 Å². The number of benzene rings is 2. The van der Waals surface area contributed by atoms with Gasteiger partial charge in [-0.05, 0) is 41.0 Å². The van der Waals surface area contributed by atoms with Gasteiger partial charge in [-0.2, -0.15) is 13.2 Å². The number of aliphatic hydroxyl groups excluding tert-OH is 1. The molecule has 23 heavy (non-hydrogen) atoms. The highest BCUT2D eigenvalue weighted by Gasteiger charge is 2.30. The maximum absolute atomic E-state index is 12.6. The van der Waals surface area contributed by atoms with Gasteiger partial charge in [0, 0.05) is 5.69 Å². The molecule has 0 unspecified atom stereocenters. The lowest BCUT2D eigenvalue weighted by Gasteiger charge is -2.12. The molecule has 0 amide bonds. The van der Waals surface area contributed by atoms with Crippen LogP contribution in [-0.2, 0) is 22.8 Å². The van der Waals surface area contributed by atoms with Gasteiger partial charge in [-0.3, -0.25) is 4.72 Å². The number of nitrogens with one attached hydrogen (secondary N) is 1. The monoisotopic (exact) mass is 345 g/mol. The highest BCUT2D eigenvalue weighted by molar-refractivity contribution is 7.92. The number of sulfonamides is 1. The molecule has 0 heterocycles. The summed E-state index contributed by atoms with van der Waals surface area (Å²) in [6, 6.07) is 8.99. The number of hydrogen-bond acceptors (Lipinski definition) is 3. The molecule has 0 spiro atoms. The Bertz CT molecular complexity index is 800. The predicted octanol–water partition coefficient (Wildman–Crippen LogP) is 3.24. The third-order valence-corrected chi connectivity index (χ3v) is 3.71. The summed E-state index contributed by atoms with van der Waals surface area (Å²) in [7, 11) is -3.46. The summed E-state index contributed by atoms with van der Waals surface area (Å²) in [5, 5.41) is 9.43. The topological polar surface area (TPSA) is 66.4 Å². The second kappa shape index (κ2) is 6.21. The van der Waals surface area contributed by atoms with Crippen LogP contribution in [0.3, 0.4) is 0 Å². The molecule has 0 atom stereocenters. The van der Waals surface area contributed by atoms with Gasteiger partial charge in [0.15, 0.2) is 0 Å². The van der Waals surface area contributed by atoms with Crippen LogP contribution in [0.4, 0.5) is 18.9 Å². The third-order valence-electron chi connectivity index (χ3n) is 3.10. The number of hydrogen-bond donors (Lipinski definition) is 2. The molecule has 8 heteroatoms. The Kier molecular flexibility index (Phi) is 4.67. The Morgan fingerprint density at radius 1 is 1.09 bits per heavy atom. The van der Waals surface area contributed by atoms with Crippen LogP contribution in [0.15, 0.2) is 42.5 Å². The fourth-order valence-electron chi connectivity index (χ4n) is 2.12. The molecule has 0 saturated carbocycles. The van der Waals surface area contributed by atoms with Crippen molar-refractivity contribution in [1.82, 2.24) is 0 Å². The van der Waals surface area contributed by atoms with Gasteiger partial charge in [0.1, 0.15) is 0 Å². The lowest BCUT2D eigenvalue weighted by atomic mass is 9.98. The van der Waals surface area contributed by atoms with Crippen LogP contribution in [0.25, 0.3) is 11.1 Å². The second-order valence-electron chi connectivity index (χ2n) is 4.98. The molecule has 2 rings (SSSR count). The van der Waals surface area contributed by atoms with Crippen LogP contribution >= 0.6 is 0 Å². The molecule has 0 bridgehead atoms. The first kappa shape index (κ1) is 17.3. The molecule has 0 aliphatic carbocycles. The first-order chi connectivity index (χ1) is 10.6. The van der Waals surface area contributed by atoms with Crippen LogP contribution in [0.1, 0.15) is 11.1 Å².